The van der Waals surface area contributed by atoms with Crippen molar-refractivity contribution in [1.29, 1.82) is 0 Å². The number of amides is 7. The van der Waals surface area contributed by atoms with Gasteiger partial charge in [0.05, 0.1) is 67.6 Å². The number of aliphatic hydroxyl groups is 1. The lowest BCUT2D eigenvalue weighted by molar-refractivity contribution is -0.136. The molecule has 0 radical (unpaired) electrons. The molecule has 468 valence electrons. The molecule has 23 heteroatoms. The number of carbonyl (C=O) groups is 7. The van der Waals surface area contributed by atoms with E-state index in [1.807, 2.05) is 75.1 Å². The van der Waals surface area contributed by atoms with Gasteiger partial charge in [0.25, 0.3) is 17.7 Å². The van der Waals surface area contributed by atoms with E-state index in [1.165, 1.54) is 43.7 Å². The third-order valence-electron chi connectivity index (χ3n) is 15.6. The van der Waals surface area contributed by atoms with E-state index in [9.17, 15) is 38.7 Å². The number of nitrogens with one attached hydrogen (secondary N) is 4. The fourth-order valence-corrected chi connectivity index (χ4v) is 10.7. The first-order valence-electron chi connectivity index (χ1n) is 29.4. The molecule has 0 spiro atoms. The van der Waals surface area contributed by atoms with Crippen LogP contribution in [-0.4, -0.2) is 144 Å². The Kier molecular flexibility index (Phi) is 20.1. The molecular formula is C64H82N8O15. The van der Waals surface area contributed by atoms with Crippen LogP contribution in [0.2, 0.25) is 0 Å². The lowest BCUT2D eigenvalue weighted by Crippen LogP contribution is -2.57. The first-order chi connectivity index (χ1) is 41.2. The maximum Gasteiger partial charge on any atom is 0.440 e. The van der Waals surface area contributed by atoms with Gasteiger partial charge in [-0.05, 0) is 121 Å². The zero-order chi connectivity index (χ0) is 63.1. The molecule has 4 aliphatic heterocycles. The number of carbonyl (C=O) groups excluding carboxylic acids is 7. The summed E-state index contributed by atoms with van der Waals surface area (Å²) in [6.45, 7) is 18.6. The van der Waals surface area contributed by atoms with Crippen molar-refractivity contribution in [3.05, 3.63) is 106 Å². The Morgan fingerprint density at radius 2 is 1.29 bits per heavy atom. The molecule has 7 amide bonds. The molecule has 0 saturated carbocycles. The molecule has 0 aliphatic carbocycles. The minimum atomic E-state index is -1.72. The first-order valence-corrected chi connectivity index (χ1v) is 29.4. The largest absolute Gasteiger partial charge is 0.493 e. The summed E-state index contributed by atoms with van der Waals surface area (Å²) in [6, 6.07) is 18.1. The second kappa shape index (κ2) is 27.1. The summed E-state index contributed by atoms with van der Waals surface area (Å²) in [5, 5.41) is 20.5. The van der Waals surface area contributed by atoms with E-state index < -0.39 is 82.8 Å². The maximum atomic E-state index is 14.7. The number of hydrogen-bond acceptors (Lipinski definition) is 16. The lowest BCUT2D eigenvalue weighted by atomic mass is 9.93. The van der Waals surface area contributed by atoms with Crippen LogP contribution in [0.15, 0.2) is 77.8 Å². The van der Waals surface area contributed by atoms with Crippen molar-refractivity contribution in [2.24, 2.45) is 10.9 Å². The molecule has 4 heterocycles. The monoisotopic (exact) mass is 1200 g/mol. The summed E-state index contributed by atoms with van der Waals surface area (Å²) in [4.78, 5) is 110. The third kappa shape index (κ3) is 15.8. The number of methoxy groups -OCH3 is 2. The Morgan fingerprint density at radius 1 is 0.701 bits per heavy atom. The van der Waals surface area contributed by atoms with E-state index in [0.29, 0.717) is 55.0 Å². The number of hydrogen-bond donors (Lipinski definition) is 5. The summed E-state index contributed by atoms with van der Waals surface area (Å²) in [7, 11) is 2.89. The second-order valence-electron chi connectivity index (χ2n) is 24.8. The van der Waals surface area contributed by atoms with Gasteiger partial charge in [-0.3, -0.25) is 29.0 Å². The normalized spacial score (nSPS) is 17.7. The SMILES string of the molecule is COc1cc2c(cc1OCCCOc1cc3c(cc1OC)C(=O)N1Cc4ccccc4CC1C(O)N3C(=O)ONC(=O)[C@H](C)NC(=O)[C@@H](NC(=O)CCC(C)(C)OCCC(C)(C)NC(=O)OC(C)(C)C)C(C)C)N=CC1Cc3ccccc3CN1C2=O. The van der Waals surface area contributed by atoms with Gasteiger partial charge in [0.1, 0.15) is 17.7 Å². The Balaban J connectivity index is 0.897. The molecule has 3 unspecified atom stereocenters. The highest BCUT2D eigenvalue weighted by Gasteiger charge is 2.46. The van der Waals surface area contributed by atoms with E-state index in [2.05, 4.69) is 27.5 Å². The number of anilines is 1. The topological polar surface area (TPSA) is 275 Å². The Labute approximate surface area is 507 Å². The van der Waals surface area contributed by atoms with Gasteiger partial charge in [-0.15, -0.1) is 0 Å². The zero-order valence-electron chi connectivity index (χ0n) is 51.7. The van der Waals surface area contributed by atoms with Crippen LogP contribution >= 0.6 is 0 Å². The Bertz CT molecular complexity index is 3270. The lowest BCUT2D eigenvalue weighted by Gasteiger charge is -2.39. The number of aliphatic hydroxyl groups excluding tert-OH is 1. The number of hydroxylamine groups is 1. The summed E-state index contributed by atoms with van der Waals surface area (Å²) in [5.41, 5.74) is 4.76. The van der Waals surface area contributed by atoms with Crippen LogP contribution in [0.1, 0.15) is 138 Å². The van der Waals surface area contributed by atoms with Gasteiger partial charge >= 0.3 is 12.2 Å². The number of rotatable bonds is 21. The summed E-state index contributed by atoms with van der Waals surface area (Å²) < 4.78 is 35.4. The standard InChI is InChI=1S/C64H82N8O15/c1-37(2)54(67-53(73)22-23-64(9,10)85-27-24-63(7,8)68-60(79)86-62(4,5)6)56(75)66-38(3)55(74)69-87-61(80)72-47-33-52(50(82-12)31-45(47)58(77)71-36-42-21-16-14-19-40(42)29-48(71)59(72)78)84-26-17-25-83-51-32-46-44(30-49(51)81-11)57(76)70-35-41-20-15-13-18-39(41)28-43(70)34-65-46/h13-16,18-21,30-34,37-38,43,48,54,59,78H,17,22-29,35-36H2,1-12H3,(H,66,75)(H,67,73)(H,68,79)(H,69,74)/t38-,43?,48?,54-,59?/m0/s1. The van der Waals surface area contributed by atoms with Gasteiger partial charge in [-0.1, -0.05) is 62.4 Å². The average molecular weight is 1200 g/mol. The van der Waals surface area contributed by atoms with Crippen molar-refractivity contribution < 1.29 is 71.9 Å². The Morgan fingerprint density at radius 3 is 1.91 bits per heavy atom. The number of ether oxygens (including phenoxy) is 6. The molecule has 0 bridgehead atoms. The third-order valence-corrected chi connectivity index (χ3v) is 15.6. The van der Waals surface area contributed by atoms with Crippen LogP contribution in [0.3, 0.4) is 0 Å². The van der Waals surface area contributed by atoms with E-state index in [4.69, 9.17) is 38.3 Å². The van der Waals surface area contributed by atoms with Crippen molar-refractivity contribution in [3.63, 3.8) is 0 Å². The van der Waals surface area contributed by atoms with Crippen LogP contribution < -0.4 is 45.3 Å². The van der Waals surface area contributed by atoms with Gasteiger partial charge in [-0.2, -0.15) is 5.48 Å². The van der Waals surface area contributed by atoms with Gasteiger partial charge in [0.2, 0.25) is 11.8 Å². The molecule has 0 saturated heterocycles. The number of nitrogens with zero attached hydrogens (tertiary/aromatic N) is 4. The van der Waals surface area contributed by atoms with Crippen molar-refractivity contribution in [2.45, 2.75) is 168 Å². The Hall–Kier alpha value is -8.44. The van der Waals surface area contributed by atoms with E-state index in [1.54, 1.807) is 53.0 Å². The molecule has 8 rings (SSSR count). The predicted molar refractivity (Wildman–Crippen MR) is 322 cm³/mol. The van der Waals surface area contributed by atoms with Crippen molar-refractivity contribution in [2.75, 3.05) is 38.9 Å². The van der Waals surface area contributed by atoms with Crippen LogP contribution in [-0.2, 0) is 54.6 Å². The highest BCUT2D eigenvalue weighted by Crippen LogP contribution is 2.43. The van der Waals surface area contributed by atoms with Crippen molar-refractivity contribution >= 4 is 59.3 Å². The van der Waals surface area contributed by atoms with Gasteiger partial charge in [-0.25, -0.2) is 14.5 Å². The maximum absolute atomic E-state index is 14.7. The highest BCUT2D eigenvalue weighted by molar-refractivity contribution is 6.06. The summed E-state index contributed by atoms with van der Waals surface area (Å²) in [6.07, 6.45) is 0.160. The number of fused-ring (bicyclic) bond motifs is 6. The van der Waals surface area contributed by atoms with E-state index >= 15 is 0 Å². The first kappa shape index (κ1) is 64.6. The molecule has 5 N–H and O–H groups in total. The number of alkyl carbamates (subject to hydrolysis) is 1. The number of aliphatic imine (C=N–C) groups is 1. The fourth-order valence-electron chi connectivity index (χ4n) is 10.7. The molecular weight excluding hydrogens is 1120 g/mol. The molecule has 23 nitrogen and oxygen atoms in total. The van der Waals surface area contributed by atoms with Gasteiger partial charge < -0.3 is 64.1 Å². The quantitative estimate of drug-likeness (QED) is 0.0396. The smallest absolute Gasteiger partial charge is 0.440 e. The van der Waals surface area contributed by atoms with Crippen LogP contribution in [0.25, 0.3) is 0 Å². The summed E-state index contributed by atoms with van der Waals surface area (Å²) in [5.74, 6) is -2.19. The van der Waals surface area contributed by atoms with Crippen LogP contribution in [0.5, 0.6) is 23.0 Å². The molecule has 5 atom stereocenters. The van der Waals surface area contributed by atoms with Crippen LogP contribution in [0, 0.1) is 5.92 Å². The van der Waals surface area contributed by atoms with Gasteiger partial charge in [0.15, 0.2) is 29.2 Å². The average Bonchev–Trinajstić information content (AvgIpc) is 1.82. The van der Waals surface area contributed by atoms with Gasteiger partial charge in [0, 0.05) is 56.4 Å². The molecule has 4 aromatic rings. The minimum Gasteiger partial charge on any atom is -0.493 e. The van der Waals surface area contributed by atoms with Crippen molar-refractivity contribution in [3.8, 4) is 23.0 Å². The van der Waals surface area contributed by atoms with E-state index in [0.717, 1.165) is 21.6 Å². The zero-order valence-corrected chi connectivity index (χ0v) is 51.7. The molecule has 4 aliphatic rings. The second-order valence-corrected chi connectivity index (χ2v) is 24.8. The molecule has 87 heavy (non-hydrogen) atoms. The molecule has 0 aromatic heterocycles. The molecule has 4 aromatic carbocycles. The fraction of sp³-hybridized carbons (Fsp3) is 0.500. The minimum absolute atomic E-state index is 0.0114. The highest BCUT2D eigenvalue weighted by atomic mass is 16.7. The summed E-state index contributed by atoms with van der Waals surface area (Å²) >= 11 is 0. The van der Waals surface area contributed by atoms with Crippen LogP contribution in [0.4, 0.5) is 21.0 Å². The van der Waals surface area contributed by atoms with E-state index in [-0.39, 0.29) is 73.9 Å². The van der Waals surface area contributed by atoms with Crippen molar-refractivity contribution in [1.82, 2.24) is 31.2 Å². The predicted octanol–water partition coefficient (Wildman–Crippen LogP) is 7.62. The number of benzene rings is 4. The molecule has 0 fully saturated rings.